The van der Waals surface area contributed by atoms with Gasteiger partial charge >= 0.3 is 0 Å². The second-order valence-electron chi connectivity index (χ2n) is 2.79. The number of rotatable bonds is 0. The van der Waals surface area contributed by atoms with Crippen molar-refractivity contribution in [1.29, 1.82) is 0 Å². The van der Waals surface area contributed by atoms with Crippen LogP contribution in [0.4, 0.5) is 0 Å². The summed E-state index contributed by atoms with van der Waals surface area (Å²) in [7, 11) is 0. The first-order chi connectivity index (χ1) is 4.88. The predicted molar refractivity (Wildman–Crippen MR) is 41.8 cm³/mol. The molecular formula is C9H10AcN-. The first-order valence-electron chi connectivity index (χ1n) is 3.67. The van der Waals surface area contributed by atoms with Crippen LogP contribution in [0.25, 0.3) is 5.73 Å². The number of benzene rings is 1. The van der Waals surface area contributed by atoms with E-state index >= 15 is 0 Å². The quantitative estimate of drug-likeness (QED) is 0.680. The molecule has 0 saturated carbocycles. The van der Waals surface area contributed by atoms with Gasteiger partial charge in [0.15, 0.2) is 0 Å². The van der Waals surface area contributed by atoms with Crippen LogP contribution in [0.15, 0.2) is 24.3 Å². The summed E-state index contributed by atoms with van der Waals surface area (Å²) in [5.74, 6) is 0. The zero-order chi connectivity index (χ0) is 6.97. The van der Waals surface area contributed by atoms with Crippen molar-refractivity contribution in [3.8, 4) is 0 Å². The molecule has 0 fully saturated rings. The molecule has 0 aliphatic heterocycles. The van der Waals surface area contributed by atoms with Crippen molar-refractivity contribution < 1.29 is 44.1 Å². The molecule has 2 rings (SSSR count). The van der Waals surface area contributed by atoms with Gasteiger partial charge in [-0.15, -0.1) is 6.04 Å². The van der Waals surface area contributed by atoms with E-state index in [2.05, 4.69) is 18.2 Å². The second kappa shape index (κ2) is 4.03. The molecule has 1 radical (unpaired) electrons. The van der Waals surface area contributed by atoms with E-state index in [1.165, 1.54) is 11.1 Å². The van der Waals surface area contributed by atoms with E-state index in [0.29, 0.717) is 0 Å². The second-order valence-corrected chi connectivity index (χ2v) is 2.79. The third-order valence-electron chi connectivity index (χ3n) is 2.13. The van der Waals surface area contributed by atoms with Crippen LogP contribution in [0.3, 0.4) is 0 Å². The summed E-state index contributed by atoms with van der Waals surface area (Å²) in [5.41, 5.74) is 10.2. The topological polar surface area (TPSA) is 23.8 Å². The first kappa shape index (κ1) is 9.71. The molecule has 1 aliphatic rings. The van der Waals surface area contributed by atoms with Crippen molar-refractivity contribution in [3.05, 3.63) is 41.1 Å². The summed E-state index contributed by atoms with van der Waals surface area (Å²) >= 11 is 0. The molecule has 11 heavy (non-hydrogen) atoms. The van der Waals surface area contributed by atoms with E-state index in [1.54, 1.807) is 0 Å². The summed E-state index contributed by atoms with van der Waals surface area (Å²) in [6.45, 7) is 0. The third kappa shape index (κ3) is 1.86. The molecule has 1 aromatic carbocycles. The van der Waals surface area contributed by atoms with Crippen LogP contribution < -0.4 is 0 Å². The van der Waals surface area contributed by atoms with Crippen molar-refractivity contribution in [2.75, 3.05) is 0 Å². The number of aryl methyl sites for hydroxylation is 1. The fourth-order valence-corrected chi connectivity index (χ4v) is 1.56. The summed E-state index contributed by atoms with van der Waals surface area (Å²) in [6, 6.07) is 8.32. The van der Waals surface area contributed by atoms with E-state index in [-0.39, 0.29) is 50.1 Å². The molecule has 1 aromatic rings. The Kier molecular flexibility index (Phi) is 3.56. The average molecular weight is 359 g/mol. The summed E-state index contributed by atoms with van der Waals surface area (Å²) in [6.07, 6.45) is 2.11. The number of nitrogens with one attached hydrogen (secondary N) is 1. The normalized spacial score (nSPS) is 20.6. The summed E-state index contributed by atoms with van der Waals surface area (Å²) < 4.78 is 0. The van der Waals surface area contributed by atoms with Crippen LogP contribution in [-0.4, -0.2) is 0 Å². The van der Waals surface area contributed by atoms with Gasteiger partial charge in [-0.2, -0.15) is 0 Å². The Labute approximate surface area is 103 Å². The van der Waals surface area contributed by atoms with E-state index in [0.717, 1.165) is 12.8 Å². The van der Waals surface area contributed by atoms with Crippen molar-refractivity contribution in [3.63, 3.8) is 0 Å². The molecule has 0 spiro atoms. The molecule has 0 bridgehead atoms. The minimum Gasteiger partial charge on any atom is -0.671 e. The van der Waals surface area contributed by atoms with Gasteiger partial charge in [0.05, 0.1) is 0 Å². The maximum absolute atomic E-state index is 7.61. The van der Waals surface area contributed by atoms with Crippen LogP contribution in [0, 0.1) is 44.1 Å². The van der Waals surface area contributed by atoms with Crippen LogP contribution in [0.2, 0.25) is 0 Å². The molecule has 0 saturated heterocycles. The largest absolute Gasteiger partial charge is 0.671 e. The van der Waals surface area contributed by atoms with Crippen LogP contribution >= 0.6 is 0 Å². The van der Waals surface area contributed by atoms with Crippen molar-refractivity contribution in [2.45, 2.75) is 18.9 Å². The van der Waals surface area contributed by atoms with Crippen LogP contribution in [0.5, 0.6) is 0 Å². The standard InChI is InChI=1S/C9H10N.Ac/c10-9-6-5-7-3-1-2-4-8(7)9;/h1-4,9-10H,5-6H2;/q-1;. The van der Waals surface area contributed by atoms with Crippen molar-refractivity contribution in [2.24, 2.45) is 0 Å². The van der Waals surface area contributed by atoms with Gasteiger partial charge in [0.1, 0.15) is 0 Å². The molecule has 1 nitrogen and oxygen atoms in total. The molecule has 0 amide bonds. The van der Waals surface area contributed by atoms with Gasteiger partial charge < -0.3 is 5.73 Å². The molecule has 0 aromatic heterocycles. The van der Waals surface area contributed by atoms with Gasteiger partial charge in [0.2, 0.25) is 0 Å². The molecule has 2 heteroatoms. The molecule has 1 unspecified atom stereocenters. The van der Waals surface area contributed by atoms with E-state index in [4.69, 9.17) is 5.73 Å². The smallest absolute Gasteiger partial charge is 0 e. The predicted octanol–water partition coefficient (Wildman–Crippen LogP) is 2.73. The van der Waals surface area contributed by atoms with Crippen molar-refractivity contribution in [1.82, 2.24) is 0 Å². The Balaban J connectivity index is 0.000000605. The fraction of sp³-hybridized carbons (Fsp3) is 0.333. The van der Waals surface area contributed by atoms with Gasteiger partial charge in [-0.05, 0) is 12.0 Å². The zero-order valence-corrected chi connectivity index (χ0v) is 11.1. The molecule has 0 heterocycles. The molecule has 1 aliphatic carbocycles. The number of hydrogen-bond acceptors (Lipinski definition) is 0. The zero-order valence-electron chi connectivity index (χ0n) is 6.38. The van der Waals surface area contributed by atoms with Gasteiger partial charge in [-0.3, -0.25) is 0 Å². The Bertz CT molecular complexity index is 247. The maximum Gasteiger partial charge on any atom is 0 e. The number of hydrogen-bond donors (Lipinski definition) is 0. The third-order valence-corrected chi connectivity index (χ3v) is 2.13. The summed E-state index contributed by atoms with van der Waals surface area (Å²) in [4.78, 5) is 0. The average Bonchev–Trinajstić information content (AvgIpc) is 2.34. The van der Waals surface area contributed by atoms with Gasteiger partial charge in [0, 0.05) is 44.1 Å². The molecule has 1 N–H and O–H groups in total. The van der Waals surface area contributed by atoms with E-state index < -0.39 is 0 Å². The maximum atomic E-state index is 7.61. The molecule has 55 valence electrons. The summed E-state index contributed by atoms with van der Waals surface area (Å²) in [5, 5.41) is 0. The Morgan fingerprint density at radius 1 is 1.27 bits per heavy atom. The monoisotopic (exact) mass is 359 g/mol. The van der Waals surface area contributed by atoms with Crippen LogP contribution in [-0.2, 0) is 6.42 Å². The molecule has 1 atom stereocenters. The Morgan fingerprint density at radius 3 is 2.73 bits per heavy atom. The van der Waals surface area contributed by atoms with Gasteiger partial charge in [0.25, 0.3) is 0 Å². The molecular weight excluding hydrogens is 349 g/mol. The van der Waals surface area contributed by atoms with Gasteiger partial charge in [-0.25, -0.2) is 0 Å². The fourth-order valence-electron chi connectivity index (χ4n) is 1.56. The van der Waals surface area contributed by atoms with Crippen molar-refractivity contribution >= 4 is 0 Å². The van der Waals surface area contributed by atoms with Gasteiger partial charge in [-0.1, -0.05) is 36.2 Å². The minimum absolute atomic E-state index is 0. The Morgan fingerprint density at radius 2 is 2.00 bits per heavy atom. The SMILES string of the molecule is [Ac].[NH-]C1CCc2ccccc21. The Hall–Kier alpha value is 0.622. The van der Waals surface area contributed by atoms with E-state index in [9.17, 15) is 0 Å². The van der Waals surface area contributed by atoms with E-state index in [1.807, 2.05) is 6.07 Å². The van der Waals surface area contributed by atoms with Crippen LogP contribution in [0.1, 0.15) is 23.6 Å². The first-order valence-corrected chi connectivity index (χ1v) is 3.67. The number of fused-ring (bicyclic) bond motifs is 1. The minimum atomic E-state index is 0.